The Kier molecular flexibility index (Phi) is 9.13. The second-order valence-corrected chi connectivity index (χ2v) is 8.31. The molecule has 34 heavy (non-hydrogen) atoms. The van der Waals surface area contributed by atoms with Crippen LogP contribution in [0.1, 0.15) is 32.0 Å². The summed E-state index contributed by atoms with van der Waals surface area (Å²) in [4.78, 5) is 41.2. The number of nitrogens with zero attached hydrogens (tertiary/aromatic N) is 4. The number of alkyl halides is 3. The van der Waals surface area contributed by atoms with Crippen molar-refractivity contribution in [3.63, 3.8) is 0 Å². The smallest absolute Gasteiger partial charge is 0.433 e. The lowest BCUT2D eigenvalue weighted by Gasteiger charge is -2.43. The van der Waals surface area contributed by atoms with E-state index in [1.807, 2.05) is 0 Å². The monoisotopic (exact) mass is 506 g/mol. The van der Waals surface area contributed by atoms with E-state index in [0.29, 0.717) is 0 Å². The molecule has 0 aliphatic carbocycles. The van der Waals surface area contributed by atoms with E-state index in [1.54, 1.807) is 0 Å². The zero-order valence-corrected chi connectivity index (χ0v) is 19.3. The summed E-state index contributed by atoms with van der Waals surface area (Å²) in [7, 11) is 0. The van der Waals surface area contributed by atoms with E-state index in [2.05, 4.69) is 15.0 Å². The molecule has 0 N–H and O–H groups in total. The molecule has 1 aliphatic heterocycles. The highest BCUT2D eigenvalue weighted by Crippen LogP contribution is 2.39. The van der Waals surface area contributed by atoms with Crippen molar-refractivity contribution in [1.29, 1.82) is 0 Å². The van der Waals surface area contributed by atoms with E-state index < -0.39 is 66.2 Å². The molecule has 0 spiro atoms. The minimum absolute atomic E-state index is 0.154. The zero-order valence-electron chi connectivity index (χ0n) is 18.4. The van der Waals surface area contributed by atoms with Gasteiger partial charge in [0, 0.05) is 36.8 Å². The summed E-state index contributed by atoms with van der Waals surface area (Å²) in [6, 6.07) is -0.0793. The lowest BCUT2D eigenvalue weighted by molar-refractivity contribution is -0.201. The van der Waals surface area contributed by atoms with Crippen molar-refractivity contribution in [2.45, 2.75) is 68.6 Å². The summed E-state index contributed by atoms with van der Waals surface area (Å²) in [5.74, 6) is -2.21. The minimum atomic E-state index is -4.64. The average molecular weight is 506 g/mol. The Morgan fingerprint density at radius 3 is 2.29 bits per heavy atom. The van der Waals surface area contributed by atoms with Gasteiger partial charge in [-0.15, -0.1) is 0 Å². The fraction of sp³-hybridized carbons (Fsp3) is 0.579. The molecule has 1 saturated heterocycles. The van der Waals surface area contributed by atoms with Gasteiger partial charge in [0.2, 0.25) is 0 Å². The molecular formula is C19H21F3N4O7S. The van der Waals surface area contributed by atoms with Crippen LogP contribution in [0.3, 0.4) is 0 Å². The third-order valence-electron chi connectivity index (χ3n) is 4.43. The second-order valence-electron chi connectivity index (χ2n) is 7.14. The lowest BCUT2D eigenvalue weighted by Crippen LogP contribution is -2.59. The summed E-state index contributed by atoms with van der Waals surface area (Å²) < 4.78 is 60.5. The molecule has 2 heterocycles. The van der Waals surface area contributed by atoms with Crippen LogP contribution >= 0.6 is 11.8 Å². The molecule has 186 valence electrons. The Bertz CT molecular complexity index is 987. The molecule has 1 aromatic rings. The second kappa shape index (κ2) is 11.4. The molecule has 3 unspecified atom stereocenters. The predicted octanol–water partition coefficient (Wildman–Crippen LogP) is 3.33. The molecule has 0 bridgehead atoms. The molecule has 11 nitrogen and oxygen atoms in total. The molecule has 1 fully saturated rings. The van der Waals surface area contributed by atoms with Crippen molar-refractivity contribution in [2.75, 3.05) is 6.61 Å². The van der Waals surface area contributed by atoms with Gasteiger partial charge in [0.25, 0.3) is 0 Å². The Hall–Kier alpha value is -3.03. The number of rotatable bonds is 7. The Morgan fingerprint density at radius 2 is 1.79 bits per heavy atom. The number of aryl methyl sites for hydroxylation is 1. The van der Waals surface area contributed by atoms with Crippen LogP contribution in [0.25, 0.3) is 10.4 Å². The van der Waals surface area contributed by atoms with Gasteiger partial charge in [-0.25, -0.2) is 0 Å². The molecule has 1 aromatic heterocycles. The Balaban J connectivity index is 2.46. The van der Waals surface area contributed by atoms with Crippen LogP contribution in [0.4, 0.5) is 13.2 Å². The first-order valence-electron chi connectivity index (χ1n) is 9.71. The Labute approximate surface area is 195 Å². The van der Waals surface area contributed by atoms with Crippen molar-refractivity contribution in [3.8, 4) is 0 Å². The number of esters is 3. The molecule has 0 amide bonds. The van der Waals surface area contributed by atoms with Gasteiger partial charge in [0.05, 0.1) is 0 Å². The van der Waals surface area contributed by atoms with Crippen LogP contribution in [0.2, 0.25) is 0 Å². The standard InChI is InChI=1S/C19H21F3N4O7S/c1-8-5-12(6-24-17(8)19(20,21)22)34-18-16(32-11(4)29)14(25-26-23)15(31-10(3)28)13(33-18)7-30-9(2)27/h5-6,13-16,18H,7H2,1-4H3/t13?,14?,15-,16?,18+/m0/s1. The van der Waals surface area contributed by atoms with Gasteiger partial charge in [-0.3, -0.25) is 19.4 Å². The van der Waals surface area contributed by atoms with Gasteiger partial charge in [0.1, 0.15) is 42.1 Å². The number of aromatic nitrogens is 1. The molecule has 0 radical (unpaired) electrons. The highest BCUT2D eigenvalue weighted by molar-refractivity contribution is 7.99. The number of carbonyl (C=O) groups is 3. The quantitative estimate of drug-likeness (QED) is 0.178. The number of ether oxygens (including phenoxy) is 4. The molecule has 0 saturated carbocycles. The van der Waals surface area contributed by atoms with Crippen LogP contribution in [-0.4, -0.2) is 59.3 Å². The van der Waals surface area contributed by atoms with Gasteiger partial charge < -0.3 is 18.9 Å². The van der Waals surface area contributed by atoms with E-state index in [9.17, 15) is 27.6 Å². The Morgan fingerprint density at radius 1 is 1.18 bits per heavy atom. The summed E-state index contributed by atoms with van der Waals surface area (Å²) in [6.45, 7) is 4.14. The number of carbonyl (C=O) groups excluding carboxylic acids is 3. The maximum absolute atomic E-state index is 13.0. The van der Waals surface area contributed by atoms with Gasteiger partial charge >= 0.3 is 24.1 Å². The first-order valence-corrected chi connectivity index (χ1v) is 10.6. The fourth-order valence-corrected chi connectivity index (χ4v) is 4.39. The van der Waals surface area contributed by atoms with Crippen molar-refractivity contribution in [1.82, 2.24) is 4.98 Å². The SMILES string of the molecule is CC(=O)OCC1O[C@H](Sc2cnc(C(F)(F)F)c(C)c2)C(OC(C)=O)C(N=[N+]=[N-])[C@H]1OC(C)=O. The first-order chi connectivity index (χ1) is 15.8. The van der Waals surface area contributed by atoms with E-state index in [0.717, 1.165) is 38.7 Å². The third kappa shape index (κ3) is 7.23. The number of halogens is 3. The molecule has 2 rings (SSSR count). The van der Waals surface area contributed by atoms with Crippen LogP contribution in [0.15, 0.2) is 22.3 Å². The summed E-state index contributed by atoms with van der Waals surface area (Å²) in [5, 5.41) is 3.61. The molecule has 0 aromatic carbocycles. The minimum Gasteiger partial charge on any atom is -0.463 e. The molecule has 1 aliphatic rings. The van der Waals surface area contributed by atoms with E-state index in [1.165, 1.54) is 13.0 Å². The maximum Gasteiger partial charge on any atom is 0.433 e. The summed E-state index contributed by atoms with van der Waals surface area (Å²) >= 11 is 0.843. The summed E-state index contributed by atoms with van der Waals surface area (Å²) in [5.41, 5.74) is 6.71. The average Bonchev–Trinajstić information content (AvgIpc) is 2.69. The fourth-order valence-electron chi connectivity index (χ4n) is 3.21. The molecule has 15 heteroatoms. The van der Waals surface area contributed by atoms with E-state index in [-0.39, 0.29) is 10.5 Å². The van der Waals surface area contributed by atoms with Crippen molar-refractivity contribution in [2.24, 2.45) is 5.11 Å². The predicted molar refractivity (Wildman–Crippen MR) is 109 cm³/mol. The number of azide groups is 1. The highest BCUT2D eigenvalue weighted by Gasteiger charge is 2.50. The van der Waals surface area contributed by atoms with Crippen LogP contribution in [-0.2, 0) is 39.5 Å². The lowest BCUT2D eigenvalue weighted by atomic mass is 9.97. The number of hydrogen-bond acceptors (Lipinski definition) is 10. The van der Waals surface area contributed by atoms with Gasteiger partial charge in [-0.1, -0.05) is 16.9 Å². The largest absolute Gasteiger partial charge is 0.463 e. The van der Waals surface area contributed by atoms with Crippen molar-refractivity contribution in [3.05, 3.63) is 34.0 Å². The van der Waals surface area contributed by atoms with Gasteiger partial charge in [0.15, 0.2) is 0 Å². The third-order valence-corrected chi connectivity index (χ3v) is 5.54. The van der Waals surface area contributed by atoms with E-state index >= 15 is 0 Å². The normalized spacial score (nSPS) is 24.5. The number of hydrogen-bond donors (Lipinski definition) is 0. The molecular weight excluding hydrogens is 485 g/mol. The number of thioether (sulfide) groups is 1. The summed E-state index contributed by atoms with van der Waals surface area (Å²) in [6.07, 6.45) is -7.42. The van der Waals surface area contributed by atoms with Gasteiger partial charge in [-0.05, 0) is 24.1 Å². The molecule has 5 atom stereocenters. The van der Waals surface area contributed by atoms with Crippen LogP contribution < -0.4 is 0 Å². The highest BCUT2D eigenvalue weighted by atomic mass is 32.2. The zero-order chi connectivity index (χ0) is 25.6. The van der Waals surface area contributed by atoms with Crippen molar-refractivity contribution < 1.29 is 46.5 Å². The maximum atomic E-state index is 13.0. The number of pyridine rings is 1. The topological polar surface area (TPSA) is 150 Å². The first kappa shape index (κ1) is 27.2. The van der Waals surface area contributed by atoms with Gasteiger partial charge in [-0.2, -0.15) is 13.2 Å². The van der Waals surface area contributed by atoms with E-state index in [4.69, 9.17) is 24.5 Å². The van der Waals surface area contributed by atoms with Crippen LogP contribution in [0.5, 0.6) is 0 Å². The van der Waals surface area contributed by atoms with Crippen molar-refractivity contribution >= 4 is 29.7 Å². The van der Waals surface area contributed by atoms with Crippen LogP contribution in [0, 0.1) is 6.92 Å².